The van der Waals surface area contributed by atoms with Gasteiger partial charge in [-0.1, -0.05) is 7.43 Å². The second-order valence-electron chi connectivity index (χ2n) is 3.80. The molecule has 0 aliphatic carbocycles. The first-order chi connectivity index (χ1) is 14.2. The molecular weight excluding hydrogens is 432 g/mol. The SMILES string of the molecule is C.CN(C)C=O.CN(C)C=O.CNC.CNC.CO.CO.CO.COC=O.COC=O.O.[HH].[HH].[HH].[HH].[HH].[HH]. The molecule has 0 unspecified atom stereocenters. The van der Waals surface area contributed by atoms with Gasteiger partial charge in [-0.05, 0) is 28.2 Å². The summed E-state index contributed by atoms with van der Waals surface area (Å²) in [6.45, 7) is 0.750. The predicted molar refractivity (Wildman–Crippen MR) is 143 cm³/mol. The quantitative estimate of drug-likeness (QED) is 0.290. The lowest BCUT2D eigenvalue weighted by molar-refractivity contribution is -0.126. The van der Waals surface area contributed by atoms with Crippen LogP contribution in [0.4, 0.5) is 0 Å². The highest BCUT2D eigenvalue weighted by atomic mass is 16.5. The number of hydrogen-bond acceptors (Lipinski definition) is 11. The van der Waals surface area contributed by atoms with Crippen LogP contribution in [-0.2, 0) is 28.7 Å². The highest BCUT2D eigenvalue weighted by Crippen LogP contribution is 1.52. The van der Waals surface area contributed by atoms with Crippen LogP contribution in [0.5, 0.6) is 0 Å². The van der Waals surface area contributed by atoms with Crippen molar-refractivity contribution in [2.24, 2.45) is 0 Å². The van der Waals surface area contributed by atoms with Crippen molar-refractivity contribution in [3.05, 3.63) is 0 Å². The van der Waals surface area contributed by atoms with Crippen molar-refractivity contribution < 1.29 is 58.0 Å². The molecule has 0 fully saturated rings. The van der Waals surface area contributed by atoms with Crippen LogP contribution >= 0.6 is 0 Å². The van der Waals surface area contributed by atoms with Crippen molar-refractivity contribution in [3.63, 3.8) is 0 Å². The molecule has 218 valence electrons. The van der Waals surface area contributed by atoms with Gasteiger partial charge in [0, 0.05) is 58.1 Å². The van der Waals surface area contributed by atoms with Crippen LogP contribution in [0, 0.1) is 0 Å². The van der Waals surface area contributed by atoms with E-state index in [1.54, 1.807) is 28.2 Å². The number of carbonyl (C=O) groups is 4. The molecule has 0 radical (unpaired) electrons. The second-order valence-corrected chi connectivity index (χ2v) is 3.80. The van der Waals surface area contributed by atoms with E-state index in [0.717, 1.165) is 34.1 Å². The Bertz CT molecular complexity index is 230. The third kappa shape index (κ3) is 1480. The molecule has 7 N–H and O–H groups in total. The third-order valence-corrected chi connectivity index (χ3v) is 0.614. The molecule has 0 aromatic rings. The molecule has 0 saturated heterocycles. The van der Waals surface area contributed by atoms with Crippen molar-refractivity contribution in [3.8, 4) is 0 Å². The number of carbonyl (C=O) groups excluding carboxylic acids is 4. The van der Waals surface area contributed by atoms with Crippen molar-refractivity contribution in [2.45, 2.75) is 7.43 Å². The van der Waals surface area contributed by atoms with E-state index in [2.05, 4.69) is 20.1 Å². The fourth-order valence-electron chi connectivity index (χ4n) is 0. The van der Waals surface area contributed by atoms with Gasteiger partial charge in [-0.3, -0.25) is 19.2 Å². The average Bonchev–Trinajstić information content (AvgIpc) is 2.79. The Morgan fingerprint density at radius 1 is 0.625 bits per heavy atom. The number of aliphatic hydroxyl groups is 3. The van der Waals surface area contributed by atoms with E-state index in [9.17, 15) is 9.59 Å². The van der Waals surface area contributed by atoms with Gasteiger partial charge in [0.25, 0.3) is 12.9 Å². The molecule has 0 atom stereocenters. The molecule has 2 amide bonds. The zero-order valence-corrected chi connectivity index (χ0v) is 21.5. The van der Waals surface area contributed by atoms with Gasteiger partial charge in [0.15, 0.2) is 0 Å². The number of hydrogen-bond donors (Lipinski definition) is 5. The number of amides is 2. The first-order valence-corrected chi connectivity index (χ1v) is 7.88. The fourth-order valence-corrected chi connectivity index (χ4v) is 0. The van der Waals surface area contributed by atoms with Crippen LogP contribution in [0.25, 0.3) is 0 Å². The summed E-state index contributed by atoms with van der Waals surface area (Å²) in [5, 5.41) is 26.5. The molecule has 14 heteroatoms. The van der Waals surface area contributed by atoms with Crippen LogP contribution in [0.2, 0.25) is 0 Å². The standard InChI is InChI=1S/2C3H7NO.2C2H7N.2C2H4O2.3CH4O.CH4.H2O.6H2/c2*1-4(2)3-5;2*1-3-2;2*1-4-2-3;3*1-2;;;;;;;;/h2*3H,1-2H3;2*3H,1-2H3;2*2H,1H3;3*2H,1H3;1H4;1H2;6*1H. The Morgan fingerprint density at radius 2 is 0.688 bits per heavy atom. The number of aliphatic hydroxyl groups excluding tert-OH is 3. The molecule has 0 rings (SSSR count). The lowest BCUT2D eigenvalue weighted by atomic mass is 11.0. The van der Waals surface area contributed by atoms with Crippen molar-refractivity contribution >= 4 is 25.8 Å². The maximum atomic E-state index is 9.43. The number of rotatable bonds is 4. The lowest BCUT2D eigenvalue weighted by Gasteiger charge is -1.93. The van der Waals surface area contributed by atoms with Gasteiger partial charge in [-0.25, -0.2) is 0 Å². The minimum Gasteiger partial charge on any atom is -0.471 e. The maximum Gasteiger partial charge on any atom is 0.292 e. The first-order valence-electron chi connectivity index (χ1n) is 7.88. The Labute approximate surface area is 204 Å². The molecular formula is C18H66N4O10. The third-order valence-electron chi connectivity index (χ3n) is 0.614. The summed E-state index contributed by atoms with van der Waals surface area (Å²) in [6.07, 6.45) is 1.50. The Hall–Kier alpha value is -2.36. The summed E-state index contributed by atoms with van der Waals surface area (Å²) >= 11 is 0. The predicted octanol–water partition coefficient (Wildman–Crippen LogP) is -1.23. The highest BCUT2D eigenvalue weighted by molar-refractivity contribution is 5.45. The second kappa shape index (κ2) is 161. The molecule has 0 aliphatic rings. The fraction of sp³-hybridized carbons (Fsp3) is 0.778. The Morgan fingerprint density at radius 3 is 0.688 bits per heavy atom. The largest absolute Gasteiger partial charge is 0.471 e. The summed E-state index contributed by atoms with van der Waals surface area (Å²) in [7, 11) is 19.9. The molecule has 14 nitrogen and oxygen atoms in total. The minimum absolute atomic E-state index is 0. The summed E-state index contributed by atoms with van der Waals surface area (Å²) < 4.78 is 7.72. The molecule has 0 saturated carbocycles. The zero-order valence-electron chi connectivity index (χ0n) is 21.5. The topological polar surface area (TPSA) is 209 Å². The van der Waals surface area contributed by atoms with Gasteiger partial charge in [-0.2, -0.15) is 0 Å². The van der Waals surface area contributed by atoms with E-state index in [4.69, 9.17) is 24.9 Å². The summed E-state index contributed by atoms with van der Waals surface area (Å²) in [4.78, 5) is 39.7. The number of ether oxygens (including phenoxy) is 2. The van der Waals surface area contributed by atoms with E-state index < -0.39 is 0 Å². The molecule has 0 aromatic carbocycles. The zero-order chi connectivity index (χ0) is 26.8. The number of methoxy groups -OCH3 is 2. The van der Waals surface area contributed by atoms with Gasteiger partial charge in [-0.15, -0.1) is 0 Å². The van der Waals surface area contributed by atoms with Crippen LogP contribution < -0.4 is 10.6 Å². The molecule has 32 heavy (non-hydrogen) atoms. The normalized spacial score (nSPS) is 5.12. The summed E-state index contributed by atoms with van der Waals surface area (Å²) in [5.41, 5.74) is 0. The van der Waals surface area contributed by atoms with E-state index in [1.807, 2.05) is 28.2 Å². The molecule has 0 aliphatic heterocycles. The van der Waals surface area contributed by atoms with Gasteiger partial charge >= 0.3 is 0 Å². The van der Waals surface area contributed by atoms with Crippen molar-refractivity contribution in [1.82, 2.24) is 20.4 Å². The average molecular weight is 499 g/mol. The monoisotopic (exact) mass is 498 g/mol. The molecule has 0 spiro atoms. The van der Waals surface area contributed by atoms with Crippen LogP contribution in [0.1, 0.15) is 16.0 Å². The number of nitrogens with zero attached hydrogens (tertiary/aromatic N) is 2. The summed E-state index contributed by atoms with van der Waals surface area (Å²) in [5.74, 6) is 0. The Balaban J connectivity index is -0.00000000863. The van der Waals surface area contributed by atoms with Gasteiger partial charge < -0.3 is 50.7 Å². The maximum absolute atomic E-state index is 9.43. The van der Waals surface area contributed by atoms with Crippen molar-refractivity contribution in [2.75, 3.05) is 91.9 Å². The van der Waals surface area contributed by atoms with E-state index in [-0.39, 0.29) is 21.5 Å². The van der Waals surface area contributed by atoms with E-state index in [1.165, 1.54) is 24.0 Å². The first kappa shape index (κ1) is 70.0. The van der Waals surface area contributed by atoms with Gasteiger partial charge in [0.05, 0.1) is 14.2 Å². The minimum atomic E-state index is 0. The molecule has 0 heterocycles. The number of nitrogens with one attached hydrogen (secondary N) is 2. The molecule has 0 bridgehead atoms. The van der Waals surface area contributed by atoms with Crippen LogP contribution in [0.15, 0.2) is 0 Å². The van der Waals surface area contributed by atoms with Crippen LogP contribution in [-0.4, -0.2) is 148 Å². The van der Waals surface area contributed by atoms with E-state index in [0.29, 0.717) is 12.9 Å². The summed E-state index contributed by atoms with van der Waals surface area (Å²) in [6, 6.07) is 0. The molecule has 0 aromatic heterocycles. The smallest absolute Gasteiger partial charge is 0.292 e. The lowest BCUT2D eigenvalue weighted by Crippen LogP contribution is -2.06. The highest BCUT2D eigenvalue weighted by Gasteiger charge is 1.68. The van der Waals surface area contributed by atoms with Gasteiger partial charge in [0.2, 0.25) is 12.8 Å². The Kier molecular flexibility index (Phi) is 353. The van der Waals surface area contributed by atoms with Crippen LogP contribution in [0.3, 0.4) is 0 Å². The van der Waals surface area contributed by atoms with Gasteiger partial charge in [0.1, 0.15) is 0 Å². The van der Waals surface area contributed by atoms with E-state index >= 15 is 0 Å². The van der Waals surface area contributed by atoms with Crippen molar-refractivity contribution in [1.29, 1.82) is 0 Å².